The quantitative estimate of drug-likeness (QED) is 0.603. The fraction of sp³-hybridized carbons (Fsp3) is 0.278. The van der Waals surface area contributed by atoms with E-state index in [1.165, 1.54) is 24.9 Å². The van der Waals surface area contributed by atoms with Crippen molar-refractivity contribution >= 4 is 23.7 Å². The first-order valence-electron chi connectivity index (χ1n) is 7.53. The number of carboxylic acids is 1. The molecule has 0 amide bonds. The molecular weight excluding hydrogens is 326 g/mol. The van der Waals surface area contributed by atoms with Crippen molar-refractivity contribution < 1.29 is 19.4 Å². The van der Waals surface area contributed by atoms with E-state index in [2.05, 4.69) is 17.4 Å². The Morgan fingerprint density at radius 1 is 1.29 bits per heavy atom. The minimum atomic E-state index is -0.958. The van der Waals surface area contributed by atoms with E-state index in [1.807, 2.05) is 17.0 Å². The third-order valence-electron chi connectivity index (χ3n) is 3.35. The number of rotatable bonds is 7. The molecule has 6 heteroatoms. The molecule has 0 bridgehead atoms. The maximum absolute atomic E-state index is 11.5. The van der Waals surface area contributed by atoms with Crippen LogP contribution in [0.15, 0.2) is 52.9 Å². The van der Waals surface area contributed by atoms with Gasteiger partial charge in [-0.1, -0.05) is 19.1 Å². The summed E-state index contributed by atoms with van der Waals surface area (Å²) in [7, 11) is 1.34. The second kappa shape index (κ2) is 8.43. The SMILES string of the molecule is CCCSC1=C(C(=O)O)C=C=CN1Cc1ccc(C(=O)OC)cc1. The summed E-state index contributed by atoms with van der Waals surface area (Å²) in [6, 6.07) is 7.07. The summed E-state index contributed by atoms with van der Waals surface area (Å²) in [6.45, 7) is 2.56. The highest BCUT2D eigenvalue weighted by atomic mass is 32.2. The molecule has 0 aliphatic carbocycles. The molecule has 1 aromatic carbocycles. The number of carbonyl (C=O) groups excluding carboxylic acids is 1. The summed E-state index contributed by atoms with van der Waals surface area (Å²) in [5, 5.41) is 10.1. The summed E-state index contributed by atoms with van der Waals surface area (Å²) in [4.78, 5) is 24.8. The molecule has 0 saturated carbocycles. The van der Waals surface area contributed by atoms with Crippen LogP contribution in [0.4, 0.5) is 0 Å². The normalized spacial score (nSPS) is 13.3. The molecule has 0 atom stereocenters. The highest BCUT2D eigenvalue weighted by molar-refractivity contribution is 8.03. The van der Waals surface area contributed by atoms with Crippen molar-refractivity contribution in [1.82, 2.24) is 4.90 Å². The van der Waals surface area contributed by atoms with E-state index in [0.29, 0.717) is 17.1 Å². The Morgan fingerprint density at radius 2 is 2.00 bits per heavy atom. The van der Waals surface area contributed by atoms with Gasteiger partial charge < -0.3 is 14.7 Å². The van der Waals surface area contributed by atoms with Gasteiger partial charge in [-0.05, 0) is 35.9 Å². The van der Waals surface area contributed by atoms with Crippen LogP contribution in [0.25, 0.3) is 0 Å². The zero-order valence-electron chi connectivity index (χ0n) is 13.6. The number of thioether (sulfide) groups is 1. The zero-order chi connectivity index (χ0) is 17.5. The second-order valence-corrected chi connectivity index (χ2v) is 6.21. The number of ether oxygens (including phenoxy) is 1. The number of carboxylic acid groups (broad SMARTS) is 1. The van der Waals surface area contributed by atoms with Gasteiger partial charge in [0.2, 0.25) is 0 Å². The number of esters is 1. The predicted molar refractivity (Wildman–Crippen MR) is 93.4 cm³/mol. The third kappa shape index (κ3) is 4.31. The third-order valence-corrected chi connectivity index (χ3v) is 4.69. The van der Waals surface area contributed by atoms with Gasteiger partial charge in [0.1, 0.15) is 0 Å². The largest absolute Gasteiger partial charge is 0.478 e. The van der Waals surface area contributed by atoms with E-state index in [-0.39, 0.29) is 11.5 Å². The highest BCUT2D eigenvalue weighted by Gasteiger charge is 2.20. The summed E-state index contributed by atoms with van der Waals surface area (Å²) in [5.41, 5.74) is 4.58. The van der Waals surface area contributed by atoms with E-state index in [0.717, 1.165) is 17.7 Å². The van der Waals surface area contributed by atoms with Gasteiger partial charge in [0.25, 0.3) is 0 Å². The molecule has 5 nitrogen and oxygen atoms in total. The molecule has 1 aliphatic rings. The first-order chi connectivity index (χ1) is 11.6. The first kappa shape index (κ1) is 17.9. The maximum Gasteiger partial charge on any atom is 0.339 e. The second-order valence-electron chi connectivity index (χ2n) is 5.13. The van der Waals surface area contributed by atoms with E-state index in [4.69, 9.17) is 0 Å². The predicted octanol–water partition coefficient (Wildman–Crippen LogP) is 3.40. The van der Waals surface area contributed by atoms with E-state index in [9.17, 15) is 14.7 Å². The van der Waals surface area contributed by atoms with Crippen LogP contribution >= 0.6 is 11.8 Å². The minimum Gasteiger partial charge on any atom is -0.478 e. The lowest BCUT2D eigenvalue weighted by molar-refractivity contribution is -0.132. The molecule has 1 N–H and O–H groups in total. The molecule has 0 saturated heterocycles. The molecule has 126 valence electrons. The number of nitrogens with zero attached hydrogens (tertiary/aromatic N) is 1. The molecule has 0 radical (unpaired) electrons. The fourth-order valence-electron chi connectivity index (χ4n) is 2.18. The van der Waals surface area contributed by atoms with Gasteiger partial charge in [0.15, 0.2) is 0 Å². The highest BCUT2D eigenvalue weighted by Crippen LogP contribution is 2.29. The van der Waals surface area contributed by atoms with Crippen LogP contribution in [-0.4, -0.2) is 34.8 Å². The number of methoxy groups -OCH3 is 1. The van der Waals surface area contributed by atoms with Crippen molar-refractivity contribution in [2.75, 3.05) is 12.9 Å². The van der Waals surface area contributed by atoms with Crippen LogP contribution in [-0.2, 0) is 16.1 Å². The molecule has 1 aromatic rings. The fourth-order valence-corrected chi connectivity index (χ4v) is 3.16. The Morgan fingerprint density at radius 3 is 2.58 bits per heavy atom. The average Bonchev–Trinajstić information content (AvgIpc) is 2.60. The Kier molecular flexibility index (Phi) is 6.29. The maximum atomic E-state index is 11.5. The molecule has 1 heterocycles. The van der Waals surface area contributed by atoms with Crippen molar-refractivity contribution in [2.45, 2.75) is 19.9 Å². The van der Waals surface area contributed by atoms with E-state index in [1.54, 1.807) is 18.3 Å². The molecule has 0 unspecified atom stereocenters. The number of benzene rings is 1. The average molecular weight is 345 g/mol. The number of hydrogen-bond acceptors (Lipinski definition) is 5. The van der Waals surface area contributed by atoms with E-state index < -0.39 is 5.97 Å². The summed E-state index contributed by atoms with van der Waals surface area (Å²) in [6.07, 6.45) is 4.20. The molecule has 1 aliphatic heterocycles. The molecular formula is C18H19NO4S. The van der Waals surface area contributed by atoms with Crippen molar-refractivity contribution in [3.63, 3.8) is 0 Å². The Balaban J connectivity index is 2.22. The molecule has 0 aromatic heterocycles. The van der Waals surface area contributed by atoms with Gasteiger partial charge >= 0.3 is 11.9 Å². The Hall–Kier alpha value is -2.43. The summed E-state index contributed by atoms with van der Waals surface area (Å²) >= 11 is 1.52. The van der Waals surface area contributed by atoms with E-state index >= 15 is 0 Å². The van der Waals surface area contributed by atoms with Crippen LogP contribution in [0.2, 0.25) is 0 Å². The lowest BCUT2D eigenvalue weighted by Crippen LogP contribution is -2.20. The molecule has 2 rings (SSSR count). The van der Waals surface area contributed by atoms with Gasteiger partial charge in [-0.15, -0.1) is 17.5 Å². The monoisotopic (exact) mass is 345 g/mol. The standard InChI is InChI=1S/C18H19NO4S/c1-3-11-24-16-15(17(20)21)5-4-10-19(16)12-13-6-8-14(9-7-13)18(22)23-2/h5-10H,3,11-12H2,1-2H3,(H,20,21). The first-order valence-corrected chi connectivity index (χ1v) is 8.52. The van der Waals surface area contributed by atoms with Crippen molar-refractivity contribution in [2.24, 2.45) is 0 Å². The smallest absolute Gasteiger partial charge is 0.339 e. The van der Waals surface area contributed by atoms with Crippen molar-refractivity contribution in [3.8, 4) is 0 Å². The van der Waals surface area contributed by atoms with Crippen LogP contribution in [0.1, 0.15) is 29.3 Å². The van der Waals surface area contributed by atoms with Gasteiger partial charge in [0.05, 0.1) is 23.3 Å². The number of aliphatic carboxylic acids is 1. The van der Waals surface area contributed by atoms with Gasteiger partial charge in [-0.25, -0.2) is 9.59 Å². The topological polar surface area (TPSA) is 66.8 Å². The minimum absolute atomic E-state index is 0.252. The Labute approximate surface area is 145 Å². The van der Waals surface area contributed by atoms with Gasteiger partial charge in [0, 0.05) is 12.7 Å². The molecule has 0 fully saturated rings. The molecule has 24 heavy (non-hydrogen) atoms. The summed E-state index contributed by atoms with van der Waals surface area (Å²) < 4.78 is 4.68. The number of hydrogen-bond donors (Lipinski definition) is 1. The van der Waals surface area contributed by atoms with Crippen LogP contribution in [0.5, 0.6) is 0 Å². The van der Waals surface area contributed by atoms with Crippen LogP contribution < -0.4 is 0 Å². The molecule has 0 spiro atoms. The van der Waals surface area contributed by atoms with Crippen molar-refractivity contribution in [1.29, 1.82) is 0 Å². The van der Waals surface area contributed by atoms with Gasteiger partial charge in [-0.3, -0.25) is 0 Å². The van der Waals surface area contributed by atoms with Crippen molar-refractivity contribution in [3.05, 3.63) is 64.0 Å². The van der Waals surface area contributed by atoms with Gasteiger partial charge in [-0.2, -0.15) is 0 Å². The zero-order valence-corrected chi connectivity index (χ0v) is 14.4. The summed E-state index contributed by atoms with van der Waals surface area (Å²) in [5.74, 6) is -0.499. The number of carbonyl (C=O) groups is 2. The van der Waals surface area contributed by atoms with Crippen LogP contribution in [0, 0.1) is 0 Å². The Bertz CT molecular complexity index is 715. The lowest BCUT2D eigenvalue weighted by atomic mass is 10.1. The van der Waals surface area contributed by atoms with Crippen LogP contribution in [0.3, 0.4) is 0 Å². The lowest BCUT2D eigenvalue weighted by Gasteiger charge is -2.25.